The number of aromatic hydroxyl groups is 1. The second-order valence-electron chi connectivity index (χ2n) is 3.42. The van der Waals surface area contributed by atoms with E-state index in [0.29, 0.717) is 24.1 Å². The van der Waals surface area contributed by atoms with Gasteiger partial charge in [-0.1, -0.05) is 5.16 Å². The average Bonchev–Trinajstić information content (AvgIpc) is 2.66. The minimum atomic E-state index is 0.148. The van der Waals surface area contributed by atoms with Gasteiger partial charge in [0.2, 0.25) is 0 Å². The van der Waals surface area contributed by atoms with E-state index in [1.807, 2.05) is 6.92 Å². The lowest BCUT2D eigenvalue weighted by atomic mass is 10.3. The van der Waals surface area contributed by atoms with Crippen molar-refractivity contribution in [2.75, 3.05) is 5.32 Å². The Labute approximate surface area is 92.3 Å². The maximum absolute atomic E-state index is 9.55. The molecular weight excluding hydrogens is 208 g/mol. The largest absolute Gasteiger partial charge is 0.506 e. The first kappa shape index (κ1) is 10.4. The summed E-state index contributed by atoms with van der Waals surface area (Å²) in [4.78, 5) is 8.17. The molecule has 2 aromatic rings. The van der Waals surface area contributed by atoms with Gasteiger partial charge in [-0.15, -0.1) is 0 Å². The zero-order valence-electron chi connectivity index (χ0n) is 9.06. The molecule has 0 atom stereocenters. The van der Waals surface area contributed by atoms with E-state index < -0.39 is 0 Å². The van der Waals surface area contributed by atoms with Crippen molar-refractivity contribution in [1.82, 2.24) is 15.1 Å². The molecule has 0 amide bonds. The molecule has 0 fully saturated rings. The fraction of sp³-hybridized carbons (Fsp3) is 0.300. The average molecular weight is 220 g/mol. The normalized spacial score (nSPS) is 10.4. The van der Waals surface area contributed by atoms with Crippen molar-refractivity contribution in [1.29, 1.82) is 0 Å². The van der Waals surface area contributed by atoms with E-state index in [-0.39, 0.29) is 5.75 Å². The van der Waals surface area contributed by atoms with E-state index in [0.717, 1.165) is 5.69 Å². The van der Waals surface area contributed by atoms with Crippen molar-refractivity contribution in [3.63, 3.8) is 0 Å². The maximum atomic E-state index is 9.55. The van der Waals surface area contributed by atoms with Gasteiger partial charge in [0.1, 0.15) is 11.4 Å². The maximum Gasteiger partial charge on any atom is 0.321 e. The molecule has 0 aliphatic carbocycles. The van der Waals surface area contributed by atoms with Crippen molar-refractivity contribution < 1.29 is 9.63 Å². The Hall–Kier alpha value is -2.11. The van der Waals surface area contributed by atoms with Gasteiger partial charge in [-0.3, -0.25) is 4.98 Å². The highest BCUT2D eigenvalue weighted by Crippen LogP contribution is 2.15. The molecule has 0 spiro atoms. The summed E-state index contributed by atoms with van der Waals surface area (Å²) < 4.78 is 4.87. The third-order valence-corrected chi connectivity index (χ3v) is 2.02. The van der Waals surface area contributed by atoms with Crippen LogP contribution in [-0.2, 0) is 6.54 Å². The van der Waals surface area contributed by atoms with Crippen molar-refractivity contribution >= 4 is 6.01 Å². The molecule has 2 heterocycles. The molecule has 0 aromatic carbocycles. The van der Waals surface area contributed by atoms with E-state index in [9.17, 15) is 5.11 Å². The summed E-state index contributed by atoms with van der Waals surface area (Å²) in [6.45, 7) is 3.94. The summed E-state index contributed by atoms with van der Waals surface area (Å²) in [6, 6.07) is 3.67. The second kappa shape index (κ2) is 4.18. The van der Waals surface area contributed by atoms with Gasteiger partial charge in [-0.25, -0.2) is 0 Å². The molecule has 2 aromatic heterocycles. The van der Waals surface area contributed by atoms with Gasteiger partial charge < -0.3 is 14.9 Å². The molecule has 0 aliphatic heterocycles. The standard InChI is InChI=1S/C10H12N4O2/c1-6-3-4-9(15)8(12-6)5-11-10-13-7(2)14-16-10/h3-4,15H,5H2,1-2H3,(H,11,13,14). The quantitative estimate of drug-likeness (QED) is 0.813. The highest BCUT2D eigenvalue weighted by atomic mass is 16.5. The van der Waals surface area contributed by atoms with Crippen LogP contribution in [0.25, 0.3) is 0 Å². The van der Waals surface area contributed by atoms with Gasteiger partial charge in [-0.2, -0.15) is 4.98 Å². The first-order valence-corrected chi connectivity index (χ1v) is 4.85. The molecule has 6 heteroatoms. The molecule has 0 saturated heterocycles. The smallest absolute Gasteiger partial charge is 0.321 e. The highest BCUT2D eigenvalue weighted by molar-refractivity contribution is 5.31. The van der Waals surface area contributed by atoms with Crippen LogP contribution in [0.5, 0.6) is 5.75 Å². The predicted molar refractivity (Wildman–Crippen MR) is 57.0 cm³/mol. The van der Waals surface area contributed by atoms with E-state index >= 15 is 0 Å². The Balaban J connectivity index is 2.07. The van der Waals surface area contributed by atoms with Crippen LogP contribution in [0.2, 0.25) is 0 Å². The van der Waals surface area contributed by atoms with Crippen LogP contribution < -0.4 is 5.32 Å². The Bertz CT molecular complexity index is 495. The highest BCUT2D eigenvalue weighted by Gasteiger charge is 2.06. The molecule has 16 heavy (non-hydrogen) atoms. The SMILES string of the molecule is Cc1ccc(O)c(CNc2nc(C)no2)n1. The summed E-state index contributed by atoms with van der Waals surface area (Å²) in [5, 5.41) is 16.1. The van der Waals surface area contributed by atoms with Crippen molar-refractivity contribution in [3.05, 3.63) is 29.3 Å². The second-order valence-corrected chi connectivity index (χ2v) is 3.42. The van der Waals surface area contributed by atoms with Crippen LogP contribution in [-0.4, -0.2) is 20.2 Å². The molecule has 0 saturated carbocycles. The zero-order valence-corrected chi connectivity index (χ0v) is 9.06. The lowest BCUT2D eigenvalue weighted by Crippen LogP contribution is -2.03. The number of hydrogen-bond donors (Lipinski definition) is 2. The van der Waals surface area contributed by atoms with Gasteiger partial charge in [0.05, 0.1) is 6.54 Å². The molecule has 0 bridgehead atoms. The predicted octanol–water partition coefficient (Wildman–Crippen LogP) is 1.40. The number of nitrogens with one attached hydrogen (secondary N) is 1. The fourth-order valence-electron chi connectivity index (χ4n) is 1.26. The first-order valence-electron chi connectivity index (χ1n) is 4.85. The lowest BCUT2D eigenvalue weighted by molar-refractivity contribution is 0.424. The fourth-order valence-corrected chi connectivity index (χ4v) is 1.26. The van der Waals surface area contributed by atoms with E-state index in [4.69, 9.17) is 4.52 Å². The number of hydrogen-bond acceptors (Lipinski definition) is 6. The molecule has 6 nitrogen and oxygen atoms in total. The molecule has 0 unspecified atom stereocenters. The zero-order chi connectivity index (χ0) is 11.5. The third-order valence-electron chi connectivity index (χ3n) is 2.02. The van der Waals surface area contributed by atoms with Crippen LogP contribution in [0, 0.1) is 13.8 Å². The number of pyridine rings is 1. The molecule has 0 radical (unpaired) electrons. The van der Waals surface area contributed by atoms with E-state index in [1.54, 1.807) is 19.1 Å². The monoisotopic (exact) mass is 220 g/mol. The molecule has 2 N–H and O–H groups in total. The Morgan fingerprint density at radius 3 is 2.81 bits per heavy atom. The number of rotatable bonds is 3. The van der Waals surface area contributed by atoms with Crippen molar-refractivity contribution in [3.8, 4) is 5.75 Å². The number of aryl methyl sites for hydroxylation is 2. The van der Waals surface area contributed by atoms with Gasteiger partial charge in [0.15, 0.2) is 5.82 Å². The van der Waals surface area contributed by atoms with Crippen LogP contribution >= 0.6 is 0 Å². The van der Waals surface area contributed by atoms with E-state index in [1.165, 1.54) is 0 Å². The topological polar surface area (TPSA) is 84.1 Å². The summed E-state index contributed by atoms with van der Waals surface area (Å²) >= 11 is 0. The minimum absolute atomic E-state index is 0.148. The van der Waals surface area contributed by atoms with Crippen LogP contribution in [0.1, 0.15) is 17.2 Å². The summed E-state index contributed by atoms with van der Waals surface area (Å²) in [5.41, 5.74) is 1.40. The summed E-state index contributed by atoms with van der Waals surface area (Å²) in [6.07, 6.45) is 0. The van der Waals surface area contributed by atoms with Gasteiger partial charge in [0.25, 0.3) is 0 Å². The van der Waals surface area contributed by atoms with Crippen LogP contribution in [0.15, 0.2) is 16.7 Å². The van der Waals surface area contributed by atoms with Crippen LogP contribution in [0.4, 0.5) is 6.01 Å². The van der Waals surface area contributed by atoms with Crippen LogP contribution in [0.3, 0.4) is 0 Å². The molecular formula is C10H12N4O2. The lowest BCUT2D eigenvalue weighted by Gasteiger charge is -2.04. The van der Waals surface area contributed by atoms with E-state index in [2.05, 4.69) is 20.4 Å². The summed E-state index contributed by atoms with van der Waals surface area (Å²) in [5.74, 6) is 0.707. The van der Waals surface area contributed by atoms with Crippen molar-refractivity contribution in [2.45, 2.75) is 20.4 Å². The Morgan fingerprint density at radius 2 is 2.12 bits per heavy atom. The molecule has 0 aliphatic rings. The van der Waals surface area contributed by atoms with Gasteiger partial charge in [-0.05, 0) is 26.0 Å². The first-order chi connectivity index (χ1) is 7.65. The molecule has 84 valence electrons. The third kappa shape index (κ3) is 2.28. The number of nitrogens with zero attached hydrogens (tertiary/aromatic N) is 3. The summed E-state index contributed by atoms with van der Waals surface area (Å²) in [7, 11) is 0. The Kier molecular flexibility index (Phi) is 2.72. The minimum Gasteiger partial charge on any atom is -0.506 e. The number of aromatic nitrogens is 3. The van der Waals surface area contributed by atoms with Gasteiger partial charge in [0, 0.05) is 5.69 Å². The number of anilines is 1. The van der Waals surface area contributed by atoms with Gasteiger partial charge >= 0.3 is 6.01 Å². The molecule has 2 rings (SSSR count). The van der Waals surface area contributed by atoms with Crippen molar-refractivity contribution in [2.24, 2.45) is 0 Å². The Morgan fingerprint density at radius 1 is 1.31 bits per heavy atom.